The third-order valence-corrected chi connectivity index (χ3v) is 4.71. The maximum absolute atomic E-state index is 12.2. The van der Waals surface area contributed by atoms with E-state index in [9.17, 15) is 8.42 Å². The van der Waals surface area contributed by atoms with Crippen LogP contribution in [0.5, 0.6) is 5.75 Å². The van der Waals surface area contributed by atoms with Crippen LogP contribution >= 0.6 is 0 Å². The molecule has 1 aliphatic carbocycles. The van der Waals surface area contributed by atoms with Crippen molar-refractivity contribution < 1.29 is 13.2 Å². The predicted molar refractivity (Wildman–Crippen MR) is 69.9 cm³/mol. The number of hydrogen-bond acceptors (Lipinski definition) is 4. The van der Waals surface area contributed by atoms with Crippen LogP contribution in [0.1, 0.15) is 19.8 Å². The van der Waals surface area contributed by atoms with Crippen molar-refractivity contribution in [3.05, 3.63) is 18.2 Å². The molecule has 0 atom stereocenters. The van der Waals surface area contributed by atoms with Gasteiger partial charge in [0.05, 0.1) is 7.11 Å². The zero-order valence-electron chi connectivity index (χ0n) is 10.6. The lowest BCUT2D eigenvalue weighted by Crippen LogP contribution is -2.29. The van der Waals surface area contributed by atoms with Crippen LogP contribution < -0.4 is 15.2 Å². The lowest BCUT2D eigenvalue weighted by molar-refractivity contribution is 0.402. The molecule has 5 nitrogen and oxygen atoms in total. The molecule has 1 aromatic carbocycles. The van der Waals surface area contributed by atoms with Crippen molar-refractivity contribution in [2.45, 2.75) is 24.7 Å². The highest BCUT2D eigenvalue weighted by Crippen LogP contribution is 2.44. The van der Waals surface area contributed by atoms with Gasteiger partial charge in [-0.05, 0) is 30.4 Å². The number of nitrogen functional groups attached to an aromatic ring is 1. The van der Waals surface area contributed by atoms with E-state index in [4.69, 9.17) is 10.5 Å². The Morgan fingerprint density at radius 1 is 1.44 bits per heavy atom. The zero-order valence-corrected chi connectivity index (χ0v) is 11.4. The summed E-state index contributed by atoms with van der Waals surface area (Å²) in [4.78, 5) is 0.128. The molecule has 100 valence electrons. The lowest BCUT2D eigenvalue weighted by atomic mass is 10.2. The third-order valence-electron chi connectivity index (χ3n) is 3.27. The number of ether oxygens (including phenoxy) is 1. The molecule has 0 saturated heterocycles. The van der Waals surface area contributed by atoms with Gasteiger partial charge in [-0.1, -0.05) is 6.92 Å². The van der Waals surface area contributed by atoms with Gasteiger partial charge in [0.25, 0.3) is 0 Å². The van der Waals surface area contributed by atoms with Crippen LogP contribution in [0, 0.1) is 5.41 Å². The number of benzene rings is 1. The van der Waals surface area contributed by atoms with Crippen LogP contribution in [-0.2, 0) is 10.0 Å². The van der Waals surface area contributed by atoms with Gasteiger partial charge < -0.3 is 10.5 Å². The fourth-order valence-corrected chi connectivity index (χ4v) is 2.99. The summed E-state index contributed by atoms with van der Waals surface area (Å²) in [7, 11) is -2.12. The molecule has 18 heavy (non-hydrogen) atoms. The van der Waals surface area contributed by atoms with Crippen LogP contribution in [0.3, 0.4) is 0 Å². The molecule has 0 aromatic heterocycles. The van der Waals surface area contributed by atoms with Crippen LogP contribution in [0.25, 0.3) is 0 Å². The molecule has 1 saturated carbocycles. The summed E-state index contributed by atoms with van der Waals surface area (Å²) in [6.07, 6.45) is 2.13. The zero-order chi connectivity index (χ0) is 13.4. The SMILES string of the molecule is COc1cc(N)ccc1S(=O)(=O)NCC1(C)CC1. The average Bonchev–Trinajstić information content (AvgIpc) is 3.05. The summed E-state index contributed by atoms with van der Waals surface area (Å²) in [5, 5.41) is 0. The second-order valence-electron chi connectivity index (χ2n) is 5.05. The van der Waals surface area contributed by atoms with Gasteiger partial charge in [0.15, 0.2) is 0 Å². The number of hydrogen-bond donors (Lipinski definition) is 2. The van der Waals surface area contributed by atoms with Crippen molar-refractivity contribution in [1.82, 2.24) is 4.72 Å². The Balaban J connectivity index is 2.23. The summed E-state index contributed by atoms with van der Waals surface area (Å²) < 4.78 is 32.0. The van der Waals surface area contributed by atoms with Gasteiger partial charge in [-0.3, -0.25) is 0 Å². The Bertz CT molecular complexity index is 550. The number of nitrogens with one attached hydrogen (secondary N) is 1. The van der Waals surface area contributed by atoms with Crippen molar-refractivity contribution in [3.8, 4) is 5.75 Å². The molecule has 6 heteroatoms. The molecular weight excluding hydrogens is 252 g/mol. The Labute approximate surface area is 107 Å². The fourth-order valence-electron chi connectivity index (χ4n) is 1.64. The molecule has 0 aliphatic heterocycles. The standard InChI is InChI=1S/C12H18N2O3S/c1-12(5-6-12)8-14-18(15,16)11-4-3-9(13)7-10(11)17-2/h3-4,7,14H,5-6,8,13H2,1-2H3. The Morgan fingerprint density at radius 2 is 2.11 bits per heavy atom. The highest BCUT2D eigenvalue weighted by Gasteiger charge is 2.38. The van der Waals surface area contributed by atoms with Crippen molar-refractivity contribution in [3.63, 3.8) is 0 Å². The molecule has 0 amide bonds. The first-order valence-electron chi connectivity index (χ1n) is 5.79. The number of rotatable bonds is 5. The molecule has 2 rings (SSSR count). The normalized spacial score (nSPS) is 17.4. The monoisotopic (exact) mass is 270 g/mol. The molecule has 1 fully saturated rings. The van der Waals surface area contributed by atoms with Gasteiger partial charge in [0.1, 0.15) is 10.6 Å². The summed E-state index contributed by atoms with van der Waals surface area (Å²) in [5.74, 6) is 0.267. The first-order chi connectivity index (χ1) is 8.36. The lowest BCUT2D eigenvalue weighted by Gasteiger charge is -2.13. The highest BCUT2D eigenvalue weighted by molar-refractivity contribution is 7.89. The maximum atomic E-state index is 12.2. The topological polar surface area (TPSA) is 81.4 Å². The van der Waals surface area contributed by atoms with E-state index in [-0.39, 0.29) is 16.1 Å². The third kappa shape index (κ3) is 2.76. The first-order valence-corrected chi connectivity index (χ1v) is 7.28. The Morgan fingerprint density at radius 3 is 2.67 bits per heavy atom. The molecular formula is C12H18N2O3S. The number of anilines is 1. The molecule has 0 spiro atoms. The average molecular weight is 270 g/mol. The van der Waals surface area contributed by atoms with Crippen molar-refractivity contribution in [1.29, 1.82) is 0 Å². The van der Waals surface area contributed by atoms with Gasteiger partial charge in [-0.15, -0.1) is 0 Å². The van der Waals surface area contributed by atoms with Crippen LogP contribution in [0.4, 0.5) is 5.69 Å². The van der Waals surface area contributed by atoms with Gasteiger partial charge in [0.2, 0.25) is 10.0 Å². The van der Waals surface area contributed by atoms with Gasteiger partial charge in [0, 0.05) is 18.3 Å². The minimum Gasteiger partial charge on any atom is -0.495 e. The van der Waals surface area contributed by atoms with Crippen LogP contribution in [0.15, 0.2) is 23.1 Å². The largest absolute Gasteiger partial charge is 0.495 e. The van der Waals surface area contributed by atoms with E-state index in [0.29, 0.717) is 12.2 Å². The molecule has 0 unspecified atom stereocenters. The predicted octanol–water partition coefficient (Wildman–Crippen LogP) is 1.36. The molecule has 3 N–H and O–H groups in total. The van der Waals surface area contributed by atoms with E-state index in [1.54, 1.807) is 6.07 Å². The van der Waals surface area contributed by atoms with Crippen LogP contribution in [-0.4, -0.2) is 22.1 Å². The second kappa shape index (κ2) is 4.44. The number of sulfonamides is 1. The van der Waals surface area contributed by atoms with Crippen molar-refractivity contribution in [2.75, 3.05) is 19.4 Å². The van der Waals surface area contributed by atoms with E-state index in [2.05, 4.69) is 11.6 Å². The van der Waals surface area contributed by atoms with Crippen molar-refractivity contribution >= 4 is 15.7 Å². The molecule has 0 heterocycles. The first kappa shape index (κ1) is 13.2. The van der Waals surface area contributed by atoms with E-state index in [1.807, 2.05) is 0 Å². The second-order valence-corrected chi connectivity index (χ2v) is 6.78. The minimum absolute atomic E-state index is 0.119. The fraction of sp³-hybridized carbons (Fsp3) is 0.500. The Hall–Kier alpha value is -1.27. The van der Waals surface area contributed by atoms with Gasteiger partial charge >= 0.3 is 0 Å². The van der Waals surface area contributed by atoms with Gasteiger partial charge in [-0.25, -0.2) is 13.1 Å². The Kier molecular flexibility index (Phi) is 3.25. The molecule has 0 radical (unpaired) electrons. The van der Waals surface area contributed by atoms with Crippen molar-refractivity contribution in [2.24, 2.45) is 5.41 Å². The quantitative estimate of drug-likeness (QED) is 0.791. The highest BCUT2D eigenvalue weighted by atomic mass is 32.2. The summed E-state index contributed by atoms with van der Waals surface area (Å²) in [5.41, 5.74) is 6.20. The molecule has 1 aromatic rings. The van der Waals surface area contributed by atoms with Gasteiger partial charge in [-0.2, -0.15) is 0 Å². The maximum Gasteiger partial charge on any atom is 0.244 e. The summed E-state index contributed by atoms with van der Waals surface area (Å²) in [6, 6.07) is 4.52. The van der Waals surface area contributed by atoms with E-state index >= 15 is 0 Å². The smallest absolute Gasteiger partial charge is 0.244 e. The number of methoxy groups -OCH3 is 1. The van der Waals surface area contributed by atoms with E-state index < -0.39 is 10.0 Å². The van der Waals surface area contributed by atoms with E-state index in [1.165, 1.54) is 19.2 Å². The summed E-state index contributed by atoms with van der Waals surface area (Å²) in [6.45, 7) is 2.53. The number of nitrogens with two attached hydrogens (primary N) is 1. The molecule has 0 bridgehead atoms. The van der Waals surface area contributed by atoms with Crippen LogP contribution in [0.2, 0.25) is 0 Å². The van der Waals surface area contributed by atoms with E-state index in [0.717, 1.165) is 12.8 Å². The molecule has 1 aliphatic rings. The summed E-state index contributed by atoms with van der Waals surface area (Å²) >= 11 is 0. The minimum atomic E-state index is -3.54.